The Bertz CT molecular complexity index is 860. The second-order valence-electron chi connectivity index (χ2n) is 7.93. The summed E-state index contributed by atoms with van der Waals surface area (Å²) in [4.78, 5) is 12.6. The monoisotopic (exact) mass is 379 g/mol. The first-order valence-corrected chi connectivity index (χ1v) is 10.5. The van der Waals surface area contributed by atoms with Crippen molar-refractivity contribution in [2.45, 2.75) is 57.8 Å². The van der Waals surface area contributed by atoms with Crippen LogP contribution in [0.2, 0.25) is 0 Å². The SMILES string of the molecule is Cc1cc(C(=O)Nc2ccc(C3CCCNCC3)cc2C2=CCCCC2)no1. The molecule has 1 saturated heterocycles. The van der Waals surface area contributed by atoms with Gasteiger partial charge in [-0.25, -0.2) is 0 Å². The number of rotatable bonds is 4. The first kappa shape index (κ1) is 18.9. The lowest BCUT2D eigenvalue weighted by atomic mass is 9.86. The van der Waals surface area contributed by atoms with Gasteiger partial charge in [-0.2, -0.15) is 0 Å². The van der Waals surface area contributed by atoms with E-state index in [0.717, 1.165) is 31.6 Å². The van der Waals surface area contributed by atoms with E-state index in [1.165, 1.54) is 48.8 Å². The van der Waals surface area contributed by atoms with Crippen LogP contribution in [-0.4, -0.2) is 24.2 Å². The van der Waals surface area contributed by atoms with Gasteiger partial charge in [-0.15, -0.1) is 0 Å². The van der Waals surface area contributed by atoms with Crippen LogP contribution >= 0.6 is 0 Å². The zero-order valence-corrected chi connectivity index (χ0v) is 16.6. The van der Waals surface area contributed by atoms with E-state index in [-0.39, 0.29) is 5.91 Å². The number of hydrogen-bond donors (Lipinski definition) is 2. The van der Waals surface area contributed by atoms with E-state index >= 15 is 0 Å². The minimum absolute atomic E-state index is 0.221. The molecule has 1 aromatic heterocycles. The summed E-state index contributed by atoms with van der Waals surface area (Å²) in [6, 6.07) is 8.24. The fourth-order valence-corrected chi connectivity index (χ4v) is 4.29. The maximum absolute atomic E-state index is 12.6. The number of benzene rings is 1. The molecule has 2 N–H and O–H groups in total. The summed E-state index contributed by atoms with van der Waals surface area (Å²) in [7, 11) is 0. The fourth-order valence-electron chi connectivity index (χ4n) is 4.29. The highest BCUT2D eigenvalue weighted by Gasteiger charge is 2.20. The summed E-state index contributed by atoms with van der Waals surface area (Å²) < 4.78 is 5.05. The third-order valence-electron chi connectivity index (χ3n) is 5.84. The lowest BCUT2D eigenvalue weighted by Crippen LogP contribution is -2.15. The quantitative estimate of drug-likeness (QED) is 0.780. The first-order valence-electron chi connectivity index (χ1n) is 10.5. The molecule has 0 saturated carbocycles. The van der Waals surface area contributed by atoms with Crippen LogP contribution in [0.25, 0.3) is 5.57 Å². The van der Waals surface area contributed by atoms with E-state index in [1.54, 1.807) is 13.0 Å². The molecule has 1 unspecified atom stereocenters. The molecule has 28 heavy (non-hydrogen) atoms. The predicted octanol–water partition coefficient (Wildman–Crippen LogP) is 5.05. The number of aromatic nitrogens is 1. The average molecular weight is 380 g/mol. The zero-order chi connectivity index (χ0) is 19.3. The molecule has 5 heteroatoms. The number of nitrogens with zero attached hydrogens (tertiary/aromatic N) is 1. The molecule has 0 spiro atoms. The van der Waals surface area contributed by atoms with E-state index < -0.39 is 0 Å². The van der Waals surface area contributed by atoms with Crippen molar-refractivity contribution in [3.05, 3.63) is 52.9 Å². The summed E-state index contributed by atoms with van der Waals surface area (Å²) in [5.41, 5.74) is 5.10. The van der Waals surface area contributed by atoms with Crippen LogP contribution in [0.3, 0.4) is 0 Å². The Morgan fingerprint density at radius 3 is 2.89 bits per heavy atom. The number of anilines is 1. The molecule has 4 rings (SSSR count). The predicted molar refractivity (Wildman–Crippen MR) is 112 cm³/mol. The summed E-state index contributed by atoms with van der Waals surface area (Å²) in [6.07, 6.45) is 10.6. The van der Waals surface area contributed by atoms with Crippen LogP contribution in [0.1, 0.15) is 78.2 Å². The van der Waals surface area contributed by atoms with Crippen molar-refractivity contribution in [2.75, 3.05) is 18.4 Å². The van der Waals surface area contributed by atoms with Crippen molar-refractivity contribution >= 4 is 17.2 Å². The highest BCUT2D eigenvalue weighted by molar-refractivity contribution is 6.04. The van der Waals surface area contributed by atoms with Crippen molar-refractivity contribution in [3.8, 4) is 0 Å². The van der Waals surface area contributed by atoms with Crippen molar-refractivity contribution in [3.63, 3.8) is 0 Å². The number of aryl methyl sites for hydroxylation is 1. The molecule has 2 aliphatic rings. The van der Waals surface area contributed by atoms with Crippen molar-refractivity contribution in [1.82, 2.24) is 10.5 Å². The standard InChI is InChI=1S/C23H29N3O2/c1-16-14-22(26-28-16)23(27)25-21-10-9-19(17-8-5-12-24-13-11-17)15-20(21)18-6-3-2-4-7-18/h6,9-10,14-15,17,24H,2-5,7-8,11-13H2,1H3,(H,25,27). The summed E-state index contributed by atoms with van der Waals surface area (Å²) in [5, 5.41) is 10.4. The Morgan fingerprint density at radius 2 is 2.11 bits per heavy atom. The number of amides is 1. The van der Waals surface area contributed by atoms with Gasteiger partial charge in [0.15, 0.2) is 5.69 Å². The van der Waals surface area contributed by atoms with Gasteiger partial charge in [-0.05, 0) is 94.1 Å². The molecule has 1 atom stereocenters. The van der Waals surface area contributed by atoms with E-state index in [2.05, 4.69) is 40.1 Å². The van der Waals surface area contributed by atoms with Gasteiger partial charge in [0.2, 0.25) is 0 Å². The lowest BCUT2D eigenvalue weighted by molar-refractivity contribution is 0.101. The molecule has 0 radical (unpaired) electrons. The van der Waals surface area contributed by atoms with Gasteiger partial charge >= 0.3 is 0 Å². The van der Waals surface area contributed by atoms with Crippen LogP contribution in [-0.2, 0) is 0 Å². The molecule has 0 bridgehead atoms. The largest absolute Gasteiger partial charge is 0.361 e. The van der Waals surface area contributed by atoms with Crippen LogP contribution < -0.4 is 10.6 Å². The minimum Gasteiger partial charge on any atom is -0.361 e. The molecule has 1 aromatic carbocycles. The van der Waals surface area contributed by atoms with Crippen LogP contribution in [0.15, 0.2) is 34.9 Å². The summed E-state index contributed by atoms with van der Waals surface area (Å²) in [6.45, 7) is 3.98. The van der Waals surface area contributed by atoms with Gasteiger partial charge in [0, 0.05) is 17.3 Å². The van der Waals surface area contributed by atoms with Crippen molar-refractivity contribution in [1.29, 1.82) is 0 Å². The van der Waals surface area contributed by atoms with Crippen LogP contribution in [0, 0.1) is 6.92 Å². The van der Waals surface area contributed by atoms with Gasteiger partial charge < -0.3 is 15.2 Å². The molecule has 148 valence electrons. The second-order valence-corrected chi connectivity index (χ2v) is 7.93. The number of allylic oxidation sites excluding steroid dienone is 2. The highest BCUT2D eigenvalue weighted by atomic mass is 16.5. The number of nitrogens with one attached hydrogen (secondary N) is 2. The van der Waals surface area contributed by atoms with Gasteiger partial charge in [-0.1, -0.05) is 17.3 Å². The van der Waals surface area contributed by atoms with E-state index in [9.17, 15) is 4.79 Å². The Morgan fingerprint density at radius 1 is 1.18 bits per heavy atom. The molecule has 2 aromatic rings. The maximum atomic E-state index is 12.6. The van der Waals surface area contributed by atoms with Crippen molar-refractivity contribution in [2.24, 2.45) is 0 Å². The third-order valence-corrected chi connectivity index (χ3v) is 5.84. The second kappa shape index (κ2) is 8.74. The molecule has 1 amide bonds. The van der Waals surface area contributed by atoms with Gasteiger partial charge in [0.25, 0.3) is 5.91 Å². The Balaban J connectivity index is 1.64. The normalized spacial score (nSPS) is 20.3. The number of carbonyl (C=O) groups is 1. The Kier molecular flexibility index (Phi) is 5.91. The van der Waals surface area contributed by atoms with E-state index in [1.807, 2.05) is 0 Å². The highest BCUT2D eigenvalue weighted by Crippen LogP contribution is 2.36. The molecular weight excluding hydrogens is 350 g/mol. The van der Waals surface area contributed by atoms with Gasteiger partial charge in [0.05, 0.1) is 0 Å². The summed E-state index contributed by atoms with van der Waals surface area (Å²) >= 11 is 0. The third kappa shape index (κ3) is 4.36. The molecular formula is C23H29N3O2. The molecule has 2 heterocycles. The molecule has 1 fully saturated rings. The first-order chi connectivity index (χ1) is 13.7. The number of carbonyl (C=O) groups excluding carboxylic acids is 1. The maximum Gasteiger partial charge on any atom is 0.277 e. The summed E-state index contributed by atoms with van der Waals surface area (Å²) in [5.74, 6) is 1.000. The Labute approximate surface area is 166 Å². The fraction of sp³-hybridized carbons (Fsp3) is 0.478. The van der Waals surface area contributed by atoms with Gasteiger partial charge in [0.1, 0.15) is 5.76 Å². The van der Waals surface area contributed by atoms with Crippen molar-refractivity contribution < 1.29 is 9.32 Å². The topological polar surface area (TPSA) is 67.2 Å². The molecule has 1 aliphatic carbocycles. The lowest BCUT2D eigenvalue weighted by Gasteiger charge is -2.21. The zero-order valence-electron chi connectivity index (χ0n) is 16.6. The van der Waals surface area contributed by atoms with Crippen LogP contribution in [0.4, 0.5) is 5.69 Å². The van der Waals surface area contributed by atoms with E-state index in [4.69, 9.17) is 4.52 Å². The number of hydrogen-bond acceptors (Lipinski definition) is 4. The molecule has 1 aliphatic heterocycles. The van der Waals surface area contributed by atoms with Gasteiger partial charge in [-0.3, -0.25) is 4.79 Å². The van der Waals surface area contributed by atoms with Crippen LogP contribution in [0.5, 0.6) is 0 Å². The smallest absolute Gasteiger partial charge is 0.277 e. The van der Waals surface area contributed by atoms with E-state index in [0.29, 0.717) is 17.4 Å². The average Bonchev–Trinajstić information content (AvgIpc) is 2.99. The molecule has 5 nitrogen and oxygen atoms in total. The minimum atomic E-state index is -0.221. The Hall–Kier alpha value is -2.40.